The Morgan fingerprint density at radius 2 is 1.81 bits per heavy atom. The highest BCUT2D eigenvalue weighted by molar-refractivity contribution is 5.30. The van der Waals surface area contributed by atoms with Crippen molar-refractivity contribution in [2.24, 2.45) is 52.3 Å². The van der Waals surface area contributed by atoms with Gasteiger partial charge in [0.15, 0.2) is 0 Å². The van der Waals surface area contributed by atoms with E-state index in [0.29, 0.717) is 47.5 Å². The van der Waals surface area contributed by atoms with Gasteiger partial charge in [-0.05, 0) is 91.3 Å². The summed E-state index contributed by atoms with van der Waals surface area (Å²) in [5.41, 5.74) is 2.13. The summed E-state index contributed by atoms with van der Waals surface area (Å²) in [6.45, 7) is 14.4. The Morgan fingerprint density at radius 3 is 2.48 bits per heavy atom. The number of fused-ring (bicyclic) bond motifs is 5. The van der Waals surface area contributed by atoms with E-state index in [1.165, 1.54) is 32.1 Å². The number of allylic oxidation sites excluding steroid dienone is 3. The van der Waals surface area contributed by atoms with Crippen LogP contribution in [0.3, 0.4) is 0 Å². The molecular weight excluding hydrogens is 380 g/mol. The number of hydrogen-bond donors (Lipinski definition) is 1. The first-order valence-electron chi connectivity index (χ1n) is 13.2. The van der Waals surface area contributed by atoms with Gasteiger partial charge in [-0.1, -0.05) is 65.3 Å². The van der Waals surface area contributed by atoms with Gasteiger partial charge in [0.05, 0.1) is 12.2 Å². The monoisotopic (exact) mass is 428 g/mol. The minimum atomic E-state index is -0.189. The van der Waals surface area contributed by atoms with Gasteiger partial charge in [-0.15, -0.1) is 0 Å². The summed E-state index contributed by atoms with van der Waals surface area (Å²) in [5.74, 6) is 4.30. The highest BCUT2D eigenvalue weighted by Crippen LogP contribution is 2.66. The molecule has 1 N–H and O–H groups in total. The second kappa shape index (κ2) is 8.64. The van der Waals surface area contributed by atoms with Crippen LogP contribution in [0.4, 0.5) is 0 Å². The van der Waals surface area contributed by atoms with E-state index in [1.807, 2.05) is 7.11 Å². The molecule has 3 fully saturated rings. The standard InChI is InChI=1S/C29H48O2/c1-18(2)19(3)8-9-20(4)24-12-13-25-23-11-10-21-16-22(31-7)14-15-28(21,5)27(23)26(30)17-29(24,25)6/h8-9,11,18-22,24-27,30H,10,12-17H2,1-7H3. The van der Waals surface area contributed by atoms with Gasteiger partial charge in [0.1, 0.15) is 0 Å². The van der Waals surface area contributed by atoms with E-state index in [9.17, 15) is 5.11 Å². The Bertz CT molecular complexity index is 708. The Labute approximate surface area is 191 Å². The van der Waals surface area contributed by atoms with E-state index in [0.717, 1.165) is 12.8 Å². The van der Waals surface area contributed by atoms with Crippen LogP contribution in [0.25, 0.3) is 0 Å². The van der Waals surface area contributed by atoms with Crippen molar-refractivity contribution in [3.63, 3.8) is 0 Å². The Kier molecular flexibility index (Phi) is 6.56. The molecule has 0 aliphatic heterocycles. The lowest BCUT2D eigenvalue weighted by Gasteiger charge is -2.59. The molecule has 0 heterocycles. The minimum absolute atomic E-state index is 0.189. The zero-order valence-corrected chi connectivity index (χ0v) is 21.2. The van der Waals surface area contributed by atoms with Crippen LogP contribution >= 0.6 is 0 Å². The molecule has 4 aliphatic carbocycles. The molecule has 31 heavy (non-hydrogen) atoms. The van der Waals surface area contributed by atoms with E-state index >= 15 is 0 Å². The van der Waals surface area contributed by atoms with E-state index in [4.69, 9.17) is 4.74 Å². The summed E-state index contributed by atoms with van der Waals surface area (Å²) in [5, 5.41) is 11.6. The van der Waals surface area contributed by atoms with Crippen molar-refractivity contribution < 1.29 is 9.84 Å². The van der Waals surface area contributed by atoms with Gasteiger partial charge in [0.2, 0.25) is 0 Å². The quantitative estimate of drug-likeness (QED) is 0.476. The van der Waals surface area contributed by atoms with Crippen molar-refractivity contribution in [2.75, 3.05) is 7.11 Å². The molecule has 2 heteroatoms. The fraction of sp³-hybridized carbons (Fsp3) is 0.862. The van der Waals surface area contributed by atoms with Crippen LogP contribution in [0.2, 0.25) is 0 Å². The zero-order valence-electron chi connectivity index (χ0n) is 21.2. The van der Waals surface area contributed by atoms with Crippen molar-refractivity contribution in [2.45, 2.75) is 98.7 Å². The predicted molar refractivity (Wildman–Crippen MR) is 130 cm³/mol. The summed E-state index contributed by atoms with van der Waals surface area (Å²) in [6.07, 6.45) is 16.1. The molecule has 0 bridgehead atoms. The second-order valence-corrected chi connectivity index (χ2v) is 12.6. The Morgan fingerprint density at radius 1 is 1.06 bits per heavy atom. The van der Waals surface area contributed by atoms with Crippen molar-refractivity contribution in [1.29, 1.82) is 0 Å². The van der Waals surface area contributed by atoms with E-state index < -0.39 is 0 Å². The number of methoxy groups -OCH3 is 1. The molecule has 0 amide bonds. The molecule has 3 saturated carbocycles. The summed E-state index contributed by atoms with van der Waals surface area (Å²) in [6, 6.07) is 0. The van der Waals surface area contributed by atoms with Crippen molar-refractivity contribution >= 4 is 0 Å². The summed E-state index contributed by atoms with van der Waals surface area (Å²) < 4.78 is 5.74. The molecule has 0 saturated heterocycles. The van der Waals surface area contributed by atoms with E-state index in [-0.39, 0.29) is 16.9 Å². The van der Waals surface area contributed by atoms with Gasteiger partial charge >= 0.3 is 0 Å². The van der Waals surface area contributed by atoms with Crippen LogP contribution in [0.15, 0.2) is 23.8 Å². The average molecular weight is 429 g/mol. The fourth-order valence-electron chi connectivity index (χ4n) is 8.42. The highest BCUT2D eigenvalue weighted by atomic mass is 16.5. The molecule has 4 rings (SSSR count). The van der Waals surface area contributed by atoms with Crippen molar-refractivity contribution in [1.82, 2.24) is 0 Å². The fourth-order valence-corrected chi connectivity index (χ4v) is 8.42. The third-order valence-electron chi connectivity index (χ3n) is 10.8. The third kappa shape index (κ3) is 3.88. The maximum Gasteiger partial charge on any atom is 0.0616 e. The molecule has 0 spiro atoms. The smallest absolute Gasteiger partial charge is 0.0616 e. The molecule has 176 valence electrons. The van der Waals surface area contributed by atoms with E-state index in [2.05, 4.69) is 59.8 Å². The largest absolute Gasteiger partial charge is 0.392 e. The molecule has 4 aliphatic rings. The van der Waals surface area contributed by atoms with Crippen LogP contribution in [0, 0.1) is 52.3 Å². The molecule has 0 radical (unpaired) electrons. The molecule has 0 aromatic rings. The Balaban J connectivity index is 1.58. The van der Waals surface area contributed by atoms with Crippen LogP contribution in [-0.4, -0.2) is 24.4 Å². The predicted octanol–water partition coefficient (Wildman–Crippen LogP) is 7.04. The zero-order chi connectivity index (χ0) is 22.6. The maximum absolute atomic E-state index is 11.6. The first-order chi connectivity index (χ1) is 14.6. The number of ether oxygens (including phenoxy) is 1. The SMILES string of the molecule is COC1CCC2(C)C(CC=C3C4CCC(C(C)C=CC(C)C(C)C)C4(C)CC(O)C32)C1. The first-order valence-corrected chi connectivity index (χ1v) is 13.2. The lowest BCUT2D eigenvalue weighted by molar-refractivity contribution is -0.103. The van der Waals surface area contributed by atoms with Crippen molar-refractivity contribution in [3.8, 4) is 0 Å². The number of aliphatic hydroxyl groups excluding tert-OH is 1. The summed E-state index contributed by atoms with van der Waals surface area (Å²) in [4.78, 5) is 0. The van der Waals surface area contributed by atoms with Gasteiger partial charge in [-0.2, -0.15) is 0 Å². The topological polar surface area (TPSA) is 29.5 Å². The highest BCUT2D eigenvalue weighted by Gasteiger charge is 2.61. The number of aliphatic hydroxyl groups is 1. The van der Waals surface area contributed by atoms with Crippen LogP contribution in [0.1, 0.15) is 86.5 Å². The van der Waals surface area contributed by atoms with Crippen LogP contribution < -0.4 is 0 Å². The third-order valence-corrected chi connectivity index (χ3v) is 10.8. The van der Waals surface area contributed by atoms with Crippen LogP contribution in [-0.2, 0) is 4.74 Å². The molecule has 2 nitrogen and oxygen atoms in total. The van der Waals surface area contributed by atoms with Crippen LogP contribution in [0.5, 0.6) is 0 Å². The molecule has 0 aromatic carbocycles. The molecule has 10 atom stereocenters. The summed E-state index contributed by atoms with van der Waals surface area (Å²) in [7, 11) is 1.87. The normalized spacial score (nSPS) is 46.9. The Hall–Kier alpha value is -0.600. The second-order valence-electron chi connectivity index (χ2n) is 12.6. The van der Waals surface area contributed by atoms with Crippen molar-refractivity contribution in [3.05, 3.63) is 23.8 Å². The number of hydrogen-bond acceptors (Lipinski definition) is 2. The van der Waals surface area contributed by atoms with Gasteiger partial charge in [-0.3, -0.25) is 0 Å². The lowest BCUT2D eigenvalue weighted by Crippen LogP contribution is -2.55. The maximum atomic E-state index is 11.6. The number of rotatable bonds is 5. The minimum Gasteiger partial charge on any atom is -0.392 e. The van der Waals surface area contributed by atoms with Gasteiger partial charge in [-0.25, -0.2) is 0 Å². The molecule has 10 unspecified atom stereocenters. The average Bonchev–Trinajstić information content (AvgIpc) is 3.07. The first kappa shape index (κ1) is 23.6. The lowest BCUT2D eigenvalue weighted by atomic mass is 9.47. The molecule has 0 aromatic heterocycles. The summed E-state index contributed by atoms with van der Waals surface area (Å²) >= 11 is 0. The van der Waals surface area contributed by atoms with Gasteiger partial charge in [0, 0.05) is 13.0 Å². The van der Waals surface area contributed by atoms with Gasteiger partial charge in [0.25, 0.3) is 0 Å². The molecular formula is C29H48O2. The van der Waals surface area contributed by atoms with E-state index in [1.54, 1.807) is 5.57 Å². The van der Waals surface area contributed by atoms with Gasteiger partial charge < -0.3 is 9.84 Å².